The lowest BCUT2D eigenvalue weighted by Crippen LogP contribution is -1.92. The van der Waals surface area contributed by atoms with Crippen molar-refractivity contribution < 1.29 is 0 Å². The lowest BCUT2D eigenvalue weighted by atomic mass is 10.1. The molecule has 8 heteroatoms. The van der Waals surface area contributed by atoms with Crippen molar-refractivity contribution in [1.82, 2.24) is 0 Å². The average Bonchev–Trinajstić information content (AvgIpc) is 3.00. The Morgan fingerprint density at radius 2 is 0.762 bits per heavy atom. The van der Waals surface area contributed by atoms with Gasteiger partial charge in [-0.1, -0.05) is 60.7 Å². The molecular weight excluding hydrogens is 520 g/mol. The van der Waals surface area contributed by atoms with Gasteiger partial charge in [-0.05, 0) is 71.8 Å². The lowest BCUT2D eigenvalue weighted by molar-refractivity contribution is 1.24. The third kappa shape index (κ3) is 5.37. The van der Waals surface area contributed by atoms with Crippen LogP contribution in [0.2, 0.25) is 0 Å². The van der Waals surface area contributed by atoms with Gasteiger partial charge in [0.25, 0.3) is 0 Å². The predicted octanol–water partition coefficient (Wildman–Crippen LogP) is 9.32. The van der Waals surface area contributed by atoms with E-state index in [1.807, 2.05) is 109 Å². The molecule has 0 saturated carbocycles. The summed E-state index contributed by atoms with van der Waals surface area (Å²) in [6, 6.07) is 34.3. The van der Waals surface area contributed by atoms with Crippen LogP contribution in [0.25, 0.3) is 33.7 Å². The molecule has 0 saturated heterocycles. The SMILES string of the molecule is Nc1cccc2c(N=Nc3ccc(C=Cc4ccc(N=Nc5ccc(N)c6c(N)cccc56)cc4)cc3)ccc(N)c12. The van der Waals surface area contributed by atoms with E-state index in [2.05, 4.69) is 20.5 Å². The van der Waals surface area contributed by atoms with Gasteiger partial charge in [0.1, 0.15) is 0 Å². The summed E-state index contributed by atoms with van der Waals surface area (Å²) in [4.78, 5) is 0. The number of fused-ring (bicyclic) bond motifs is 2. The first kappa shape index (κ1) is 26.2. The van der Waals surface area contributed by atoms with E-state index in [9.17, 15) is 0 Å². The maximum atomic E-state index is 6.11. The van der Waals surface area contributed by atoms with Crippen LogP contribution in [0.4, 0.5) is 45.5 Å². The van der Waals surface area contributed by atoms with Gasteiger partial charge in [-0.3, -0.25) is 0 Å². The van der Waals surface area contributed by atoms with Gasteiger partial charge in [-0.15, -0.1) is 10.2 Å². The Hall–Kier alpha value is -6.02. The van der Waals surface area contributed by atoms with Crippen molar-refractivity contribution in [3.8, 4) is 0 Å². The monoisotopic (exact) mass is 548 g/mol. The number of hydrogen-bond donors (Lipinski definition) is 4. The van der Waals surface area contributed by atoms with Crippen molar-refractivity contribution in [1.29, 1.82) is 0 Å². The summed E-state index contributed by atoms with van der Waals surface area (Å²) in [6.45, 7) is 0. The van der Waals surface area contributed by atoms with E-state index in [1.165, 1.54) is 0 Å². The topological polar surface area (TPSA) is 154 Å². The van der Waals surface area contributed by atoms with Crippen molar-refractivity contribution in [2.24, 2.45) is 20.5 Å². The summed E-state index contributed by atoms with van der Waals surface area (Å²) in [5.74, 6) is 0. The number of anilines is 4. The first-order valence-electron chi connectivity index (χ1n) is 13.3. The molecule has 6 aromatic rings. The maximum Gasteiger partial charge on any atom is 0.0937 e. The molecule has 8 nitrogen and oxygen atoms in total. The Kier molecular flexibility index (Phi) is 7.01. The zero-order valence-electron chi connectivity index (χ0n) is 22.6. The molecular formula is C34H28N8. The molecule has 0 atom stereocenters. The fourth-order valence-electron chi connectivity index (χ4n) is 4.79. The highest BCUT2D eigenvalue weighted by Crippen LogP contribution is 2.36. The second-order valence-electron chi connectivity index (χ2n) is 9.80. The molecule has 0 bridgehead atoms. The van der Waals surface area contributed by atoms with E-state index in [-0.39, 0.29) is 0 Å². The third-order valence-electron chi connectivity index (χ3n) is 6.96. The number of hydrogen-bond acceptors (Lipinski definition) is 8. The van der Waals surface area contributed by atoms with E-state index in [0.29, 0.717) is 34.1 Å². The number of nitrogens with two attached hydrogens (primary N) is 4. The van der Waals surface area contributed by atoms with Crippen LogP contribution in [0, 0.1) is 0 Å². The van der Waals surface area contributed by atoms with E-state index in [1.54, 1.807) is 12.1 Å². The van der Waals surface area contributed by atoms with Gasteiger partial charge < -0.3 is 22.9 Å². The maximum absolute atomic E-state index is 6.11. The molecule has 0 amide bonds. The molecule has 42 heavy (non-hydrogen) atoms. The van der Waals surface area contributed by atoms with Crippen LogP contribution in [0.1, 0.15) is 11.1 Å². The molecule has 204 valence electrons. The van der Waals surface area contributed by atoms with Crippen LogP contribution < -0.4 is 22.9 Å². The van der Waals surface area contributed by atoms with Gasteiger partial charge in [-0.25, -0.2) is 0 Å². The van der Waals surface area contributed by atoms with Crippen molar-refractivity contribution in [3.63, 3.8) is 0 Å². The fraction of sp³-hybridized carbons (Fsp3) is 0. The minimum Gasteiger partial charge on any atom is -0.398 e. The summed E-state index contributed by atoms with van der Waals surface area (Å²) >= 11 is 0. The molecule has 0 aliphatic carbocycles. The van der Waals surface area contributed by atoms with Crippen LogP contribution in [0.5, 0.6) is 0 Å². The smallest absolute Gasteiger partial charge is 0.0937 e. The van der Waals surface area contributed by atoms with E-state index >= 15 is 0 Å². The first-order valence-corrected chi connectivity index (χ1v) is 13.3. The molecule has 0 heterocycles. The normalized spacial score (nSPS) is 11.9. The first-order chi connectivity index (χ1) is 20.5. The predicted molar refractivity (Wildman–Crippen MR) is 176 cm³/mol. The van der Waals surface area contributed by atoms with Crippen LogP contribution in [-0.2, 0) is 0 Å². The van der Waals surface area contributed by atoms with Gasteiger partial charge in [0, 0.05) is 44.3 Å². The highest BCUT2D eigenvalue weighted by molar-refractivity contribution is 6.07. The molecule has 0 fully saturated rings. The van der Waals surface area contributed by atoms with Gasteiger partial charge >= 0.3 is 0 Å². The van der Waals surface area contributed by atoms with E-state index in [0.717, 1.165) is 44.0 Å². The Balaban J connectivity index is 1.13. The number of nitrogen functional groups attached to an aromatic ring is 4. The molecule has 0 aliphatic rings. The van der Waals surface area contributed by atoms with Crippen LogP contribution in [0.15, 0.2) is 130 Å². The summed E-state index contributed by atoms with van der Waals surface area (Å²) < 4.78 is 0. The van der Waals surface area contributed by atoms with Gasteiger partial charge in [0.15, 0.2) is 0 Å². The van der Waals surface area contributed by atoms with Crippen LogP contribution in [0.3, 0.4) is 0 Å². The average molecular weight is 549 g/mol. The zero-order chi connectivity index (χ0) is 29.1. The zero-order valence-corrected chi connectivity index (χ0v) is 22.6. The Morgan fingerprint density at radius 1 is 0.381 bits per heavy atom. The Bertz CT molecular complexity index is 1840. The second-order valence-corrected chi connectivity index (χ2v) is 9.80. The van der Waals surface area contributed by atoms with Crippen LogP contribution in [-0.4, -0.2) is 0 Å². The van der Waals surface area contributed by atoms with Gasteiger partial charge in [0.2, 0.25) is 0 Å². The minimum atomic E-state index is 0.620. The molecule has 0 radical (unpaired) electrons. The standard InChI is InChI=1S/C34H28N8/c35-27-5-1-3-25-31(19-17-29(37)33(25)27)41-39-23-13-9-21(10-14-23)7-8-22-11-15-24(16-12-22)40-42-32-20-18-30(38)34-26(32)4-2-6-28(34)36/h1-20H,35-38H2. The van der Waals surface area contributed by atoms with Crippen LogP contribution >= 0.6 is 0 Å². The number of rotatable bonds is 6. The lowest BCUT2D eigenvalue weighted by Gasteiger charge is -2.07. The molecule has 0 unspecified atom stereocenters. The summed E-state index contributed by atoms with van der Waals surface area (Å²) in [7, 11) is 0. The highest BCUT2D eigenvalue weighted by atomic mass is 15.1. The summed E-state index contributed by atoms with van der Waals surface area (Å²) in [6.07, 6.45) is 4.08. The van der Waals surface area contributed by atoms with Gasteiger partial charge in [0.05, 0.1) is 22.7 Å². The number of nitrogens with zero attached hydrogens (tertiary/aromatic N) is 4. The second kappa shape index (κ2) is 11.2. The number of benzene rings is 6. The largest absolute Gasteiger partial charge is 0.398 e. The molecule has 0 aromatic heterocycles. The molecule has 0 spiro atoms. The minimum absolute atomic E-state index is 0.620. The summed E-state index contributed by atoms with van der Waals surface area (Å²) in [5, 5.41) is 21.0. The fourth-order valence-corrected chi connectivity index (χ4v) is 4.79. The van der Waals surface area contributed by atoms with E-state index < -0.39 is 0 Å². The molecule has 6 aromatic carbocycles. The Morgan fingerprint density at radius 3 is 1.17 bits per heavy atom. The van der Waals surface area contributed by atoms with Gasteiger partial charge in [-0.2, -0.15) is 10.2 Å². The summed E-state index contributed by atoms with van der Waals surface area (Å²) in [5.41, 5.74) is 31.9. The highest BCUT2D eigenvalue weighted by Gasteiger charge is 2.08. The van der Waals surface area contributed by atoms with Crippen molar-refractivity contribution in [2.45, 2.75) is 0 Å². The Labute approximate surface area is 242 Å². The van der Waals surface area contributed by atoms with Crippen molar-refractivity contribution in [2.75, 3.05) is 22.9 Å². The molecule has 8 N–H and O–H groups in total. The van der Waals surface area contributed by atoms with Crippen molar-refractivity contribution >= 4 is 79.2 Å². The number of azo groups is 2. The van der Waals surface area contributed by atoms with Crippen molar-refractivity contribution in [3.05, 3.63) is 120 Å². The molecule has 6 rings (SSSR count). The molecule has 0 aliphatic heterocycles. The third-order valence-corrected chi connectivity index (χ3v) is 6.96. The quantitative estimate of drug-likeness (QED) is 0.0929. The van der Waals surface area contributed by atoms with E-state index in [4.69, 9.17) is 22.9 Å².